The molecule has 0 rings (SSSR count). The van der Waals surface area contributed by atoms with Crippen LogP contribution < -0.4 is 0 Å². The third-order valence-electron chi connectivity index (χ3n) is 3.00. The molecule has 15 heavy (non-hydrogen) atoms. The van der Waals surface area contributed by atoms with Crippen LogP contribution in [0.15, 0.2) is 5.18 Å². The zero-order valence-electron chi connectivity index (χ0n) is 10.8. The van der Waals surface area contributed by atoms with E-state index in [-0.39, 0.29) is 0 Å². The van der Waals surface area contributed by atoms with E-state index in [2.05, 4.69) is 32.9 Å². The lowest BCUT2D eigenvalue weighted by Gasteiger charge is -2.18. The Morgan fingerprint density at radius 2 is 1.73 bits per heavy atom. The Balaban J connectivity index is 3.76. The normalized spacial score (nSPS) is 15.3. The predicted molar refractivity (Wildman–Crippen MR) is 66.9 cm³/mol. The van der Waals surface area contributed by atoms with Gasteiger partial charge in [-0.1, -0.05) is 52.1 Å². The molecule has 2 heteroatoms. The topological polar surface area (TPSA) is 29.4 Å². The van der Waals surface area contributed by atoms with E-state index in [1.807, 2.05) is 0 Å². The SMILES string of the molecule is CCCC(CN=O)CC(C)CCC(C)C. The molecular formula is C13H27NO. The molecule has 0 spiro atoms. The van der Waals surface area contributed by atoms with Crippen LogP contribution in [-0.4, -0.2) is 6.54 Å². The second-order valence-electron chi connectivity index (χ2n) is 5.28. The molecule has 0 amide bonds. The van der Waals surface area contributed by atoms with Gasteiger partial charge in [0.15, 0.2) is 0 Å². The first-order valence-corrected chi connectivity index (χ1v) is 6.39. The van der Waals surface area contributed by atoms with Gasteiger partial charge in [-0.25, -0.2) is 0 Å². The van der Waals surface area contributed by atoms with Crippen molar-refractivity contribution in [1.29, 1.82) is 0 Å². The largest absolute Gasteiger partial charge is 0.151 e. The van der Waals surface area contributed by atoms with Crippen molar-refractivity contribution < 1.29 is 0 Å². The quantitative estimate of drug-likeness (QED) is 0.513. The highest BCUT2D eigenvalue weighted by molar-refractivity contribution is 4.66. The first kappa shape index (κ1) is 14.6. The van der Waals surface area contributed by atoms with Gasteiger partial charge in [0, 0.05) is 0 Å². The van der Waals surface area contributed by atoms with Crippen LogP contribution in [-0.2, 0) is 0 Å². The number of nitrogens with zero attached hydrogens (tertiary/aromatic N) is 1. The summed E-state index contributed by atoms with van der Waals surface area (Å²) in [4.78, 5) is 10.3. The Morgan fingerprint density at radius 1 is 1.07 bits per heavy atom. The van der Waals surface area contributed by atoms with Crippen molar-refractivity contribution in [3.8, 4) is 0 Å². The van der Waals surface area contributed by atoms with Gasteiger partial charge < -0.3 is 0 Å². The van der Waals surface area contributed by atoms with Gasteiger partial charge in [-0.05, 0) is 30.6 Å². The van der Waals surface area contributed by atoms with Crippen molar-refractivity contribution in [2.45, 2.75) is 59.8 Å². The molecule has 0 radical (unpaired) electrons. The van der Waals surface area contributed by atoms with Gasteiger partial charge in [0.1, 0.15) is 0 Å². The van der Waals surface area contributed by atoms with Crippen LogP contribution in [0.4, 0.5) is 0 Å². The van der Waals surface area contributed by atoms with Gasteiger partial charge in [0.05, 0.1) is 6.54 Å². The van der Waals surface area contributed by atoms with Crippen molar-refractivity contribution in [1.82, 2.24) is 0 Å². The van der Waals surface area contributed by atoms with Crippen molar-refractivity contribution in [3.63, 3.8) is 0 Å². The lowest BCUT2D eigenvalue weighted by molar-refractivity contribution is 0.340. The zero-order valence-corrected chi connectivity index (χ0v) is 10.8. The van der Waals surface area contributed by atoms with Crippen LogP contribution in [0.5, 0.6) is 0 Å². The van der Waals surface area contributed by atoms with Gasteiger partial charge in [-0.3, -0.25) is 0 Å². The third-order valence-corrected chi connectivity index (χ3v) is 3.00. The Kier molecular flexibility index (Phi) is 8.64. The molecule has 0 aliphatic heterocycles. The molecule has 2 atom stereocenters. The van der Waals surface area contributed by atoms with Gasteiger partial charge in [-0.2, -0.15) is 4.91 Å². The molecule has 0 bridgehead atoms. The number of rotatable bonds is 9. The van der Waals surface area contributed by atoms with E-state index in [0.717, 1.165) is 24.7 Å². The molecule has 90 valence electrons. The first-order chi connectivity index (χ1) is 7.10. The fraction of sp³-hybridized carbons (Fsp3) is 1.00. The molecule has 2 unspecified atom stereocenters. The standard InChI is InChI=1S/C13H27NO/c1-5-6-13(10-14-15)9-12(4)8-7-11(2)3/h11-13H,5-10H2,1-4H3. The van der Waals surface area contributed by atoms with Gasteiger partial charge in [-0.15, -0.1) is 0 Å². The molecule has 0 aliphatic carbocycles. The summed E-state index contributed by atoms with van der Waals surface area (Å²) in [7, 11) is 0. The molecule has 0 saturated carbocycles. The van der Waals surface area contributed by atoms with E-state index in [9.17, 15) is 4.91 Å². The van der Waals surface area contributed by atoms with Crippen LogP contribution in [0.3, 0.4) is 0 Å². The summed E-state index contributed by atoms with van der Waals surface area (Å²) in [6.07, 6.45) is 6.08. The molecule has 0 aliphatic rings. The van der Waals surface area contributed by atoms with E-state index < -0.39 is 0 Å². The Labute approximate surface area is 94.8 Å². The summed E-state index contributed by atoms with van der Waals surface area (Å²) in [5.74, 6) is 2.06. The summed E-state index contributed by atoms with van der Waals surface area (Å²) in [5.41, 5.74) is 0. The van der Waals surface area contributed by atoms with Crippen molar-refractivity contribution in [2.75, 3.05) is 6.54 Å². The highest BCUT2D eigenvalue weighted by Crippen LogP contribution is 2.22. The minimum atomic E-state index is 0.514. The van der Waals surface area contributed by atoms with E-state index in [0.29, 0.717) is 12.5 Å². The van der Waals surface area contributed by atoms with E-state index in [4.69, 9.17) is 0 Å². The molecule has 0 heterocycles. The van der Waals surface area contributed by atoms with Crippen LogP contribution in [0.1, 0.15) is 59.8 Å². The molecule has 0 fully saturated rings. The maximum absolute atomic E-state index is 10.3. The summed E-state index contributed by atoms with van der Waals surface area (Å²) < 4.78 is 0. The summed E-state index contributed by atoms with van der Waals surface area (Å²) in [5, 5.41) is 3.05. The second kappa shape index (κ2) is 8.87. The van der Waals surface area contributed by atoms with Crippen LogP contribution in [0.25, 0.3) is 0 Å². The summed E-state index contributed by atoms with van der Waals surface area (Å²) >= 11 is 0. The van der Waals surface area contributed by atoms with E-state index in [1.165, 1.54) is 19.3 Å². The Bertz CT molecular complexity index is 157. The maximum Gasteiger partial charge on any atom is 0.0839 e. The van der Waals surface area contributed by atoms with E-state index >= 15 is 0 Å². The molecule has 0 aromatic carbocycles. The number of hydrogen-bond donors (Lipinski definition) is 0. The highest BCUT2D eigenvalue weighted by Gasteiger charge is 2.13. The lowest BCUT2D eigenvalue weighted by atomic mass is 9.88. The monoisotopic (exact) mass is 213 g/mol. The predicted octanol–water partition coefficient (Wildman–Crippen LogP) is 4.63. The molecular weight excluding hydrogens is 186 g/mol. The summed E-state index contributed by atoms with van der Waals surface area (Å²) in [6, 6.07) is 0. The molecule has 0 aromatic rings. The van der Waals surface area contributed by atoms with Crippen LogP contribution >= 0.6 is 0 Å². The second-order valence-corrected chi connectivity index (χ2v) is 5.28. The van der Waals surface area contributed by atoms with Gasteiger partial charge in [0.2, 0.25) is 0 Å². The highest BCUT2D eigenvalue weighted by atomic mass is 16.3. The Morgan fingerprint density at radius 3 is 2.20 bits per heavy atom. The van der Waals surface area contributed by atoms with Crippen LogP contribution in [0, 0.1) is 22.7 Å². The Hall–Kier alpha value is -0.400. The fourth-order valence-electron chi connectivity index (χ4n) is 2.10. The molecule has 0 aromatic heterocycles. The van der Waals surface area contributed by atoms with Crippen molar-refractivity contribution in [3.05, 3.63) is 4.91 Å². The summed E-state index contributed by atoms with van der Waals surface area (Å²) in [6.45, 7) is 9.53. The van der Waals surface area contributed by atoms with Crippen LogP contribution in [0.2, 0.25) is 0 Å². The molecule has 2 nitrogen and oxygen atoms in total. The number of nitroso groups, excluding NO2 is 1. The maximum atomic E-state index is 10.3. The van der Waals surface area contributed by atoms with E-state index in [1.54, 1.807) is 0 Å². The minimum absolute atomic E-state index is 0.514. The fourth-order valence-corrected chi connectivity index (χ4v) is 2.10. The zero-order chi connectivity index (χ0) is 11.7. The van der Waals surface area contributed by atoms with Gasteiger partial charge in [0.25, 0.3) is 0 Å². The van der Waals surface area contributed by atoms with Crippen molar-refractivity contribution >= 4 is 0 Å². The molecule has 0 N–H and O–H groups in total. The van der Waals surface area contributed by atoms with Gasteiger partial charge >= 0.3 is 0 Å². The number of hydrogen-bond acceptors (Lipinski definition) is 2. The smallest absolute Gasteiger partial charge is 0.0839 e. The average molecular weight is 213 g/mol. The first-order valence-electron chi connectivity index (χ1n) is 6.39. The lowest BCUT2D eigenvalue weighted by Crippen LogP contribution is -2.10. The van der Waals surface area contributed by atoms with Crippen molar-refractivity contribution in [2.24, 2.45) is 22.9 Å². The average Bonchev–Trinajstić information content (AvgIpc) is 2.15. The minimum Gasteiger partial charge on any atom is -0.151 e. The molecule has 0 saturated heterocycles. The third kappa shape index (κ3) is 8.59.